The lowest BCUT2D eigenvalue weighted by molar-refractivity contribution is -0.126. The summed E-state index contributed by atoms with van der Waals surface area (Å²) in [6, 6.07) is 3.42. The first-order valence-electron chi connectivity index (χ1n) is 9.12. The maximum Gasteiger partial charge on any atom is 0.227 e. The van der Waals surface area contributed by atoms with E-state index in [0.29, 0.717) is 41.9 Å². The molecule has 3 rings (SSSR count). The molecule has 2 aliphatic rings. The van der Waals surface area contributed by atoms with E-state index in [2.05, 4.69) is 5.32 Å². The number of nitrogens with two attached hydrogens (primary N) is 1. The van der Waals surface area contributed by atoms with Gasteiger partial charge in [-0.1, -0.05) is 0 Å². The molecular weight excluding hydrogens is 350 g/mol. The Morgan fingerprint density at radius 2 is 1.85 bits per heavy atom. The van der Waals surface area contributed by atoms with Gasteiger partial charge in [0.15, 0.2) is 11.5 Å². The minimum absolute atomic E-state index is 0.00253. The van der Waals surface area contributed by atoms with Crippen LogP contribution in [0.2, 0.25) is 0 Å². The summed E-state index contributed by atoms with van der Waals surface area (Å²) >= 11 is 0. The van der Waals surface area contributed by atoms with Gasteiger partial charge in [-0.2, -0.15) is 0 Å². The van der Waals surface area contributed by atoms with E-state index >= 15 is 0 Å². The van der Waals surface area contributed by atoms with Crippen LogP contribution in [0.15, 0.2) is 12.1 Å². The lowest BCUT2D eigenvalue weighted by Crippen LogP contribution is -2.41. The van der Waals surface area contributed by atoms with Crippen LogP contribution in [0.25, 0.3) is 0 Å². The number of rotatable bonds is 8. The SMILES string of the molecule is COc1cc(N2CC(C(=O)NCC(N)C3CC3)CC2=O)cc(OC)c1OC. The highest BCUT2D eigenvalue weighted by atomic mass is 16.5. The fourth-order valence-corrected chi connectivity index (χ4v) is 3.41. The number of carbonyl (C=O) groups excluding carboxylic acids is 2. The van der Waals surface area contributed by atoms with Crippen molar-refractivity contribution in [1.29, 1.82) is 0 Å². The monoisotopic (exact) mass is 377 g/mol. The van der Waals surface area contributed by atoms with Crippen LogP contribution in [-0.2, 0) is 9.59 Å². The quantitative estimate of drug-likeness (QED) is 0.698. The van der Waals surface area contributed by atoms with Crippen LogP contribution in [0.4, 0.5) is 5.69 Å². The Morgan fingerprint density at radius 1 is 1.22 bits per heavy atom. The summed E-state index contributed by atoms with van der Waals surface area (Å²) in [5, 5.41) is 2.89. The zero-order chi connectivity index (χ0) is 19.6. The molecule has 1 heterocycles. The number of hydrogen-bond donors (Lipinski definition) is 2. The van der Waals surface area contributed by atoms with Crippen LogP contribution < -0.4 is 30.2 Å². The number of methoxy groups -OCH3 is 3. The van der Waals surface area contributed by atoms with Crippen molar-refractivity contribution in [3.8, 4) is 17.2 Å². The second kappa shape index (κ2) is 8.04. The van der Waals surface area contributed by atoms with Gasteiger partial charge in [0.05, 0.1) is 32.9 Å². The van der Waals surface area contributed by atoms with Crippen molar-refractivity contribution < 1.29 is 23.8 Å². The third kappa shape index (κ3) is 4.10. The van der Waals surface area contributed by atoms with Crippen molar-refractivity contribution in [1.82, 2.24) is 5.32 Å². The van der Waals surface area contributed by atoms with Gasteiger partial charge in [-0.15, -0.1) is 0 Å². The van der Waals surface area contributed by atoms with E-state index in [9.17, 15) is 9.59 Å². The van der Waals surface area contributed by atoms with Gasteiger partial charge in [-0.3, -0.25) is 9.59 Å². The fraction of sp³-hybridized carbons (Fsp3) is 0.579. The van der Waals surface area contributed by atoms with Crippen LogP contribution in [0.5, 0.6) is 17.2 Å². The predicted molar refractivity (Wildman–Crippen MR) is 100 cm³/mol. The Kier molecular flexibility index (Phi) is 5.74. The van der Waals surface area contributed by atoms with E-state index in [0.717, 1.165) is 12.8 Å². The summed E-state index contributed by atoms with van der Waals surface area (Å²) in [4.78, 5) is 26.5. The van der Waals surface area contributed by atoms with Crippen molar-refractivity contribution in [3.63, 3.8) is 0 Å². The van der Waals surface area contributed by atoms with E-state index < -0.39 is 5.92 Å². The number of ether oxygens (including phenoxy) is 3. The van der Waals surface area contributed by atoms with E-state index in [4.69, 9.17) is 19.9 Å². The zero-order valence-electron chi connectivity index (χ0n) is 16.0. The molecule has 2 fully saturated rings. The van der Waals surface area contributed by atoms with Crippen molar-refractivity contribution >= 4 is 17.5 Å². The molecule has 1 aromatic rings. The van der Waals surface area contributed by atoms with Crippen LogP contribution in [0.1, 0.15) is 19.3 Å². The number of anilines is 1. The average Bonchev–Trinajstić information content (AvgIpc) is 3.46. The van der Waals surface area contributed by atoms with Gasteiger partial charge in [0.1, 0.15) is 0 Å². The van der Waals surface area contributed by atoms with E-state index in [1.54, 1.807) is 17.0 Å². The normalized spacial score (nSPS) is 20.4. The molecule has 0 bridgehead atoms. The molecule has 1 aliphatic carbocycles. The van der Waals surface area contributed by atoms with Gasteiger partial charge in [0.2, 0.25) is 17.6 Å². The van der Waals surface area contributed by atoms with E-state index in [-0.39, 0.29) is 24.3 Å². The Morgan fingerprint density at radius 3 is 2.37 bits per heavy atom. The molecule has 2 amide bonds. The molecule has 1 saturated carbocycles. The van der Waals surface area contributed by atoms with Gasteiger partial charge in [0.25, 0.3) is 0 Å². The van der Waals surface area contributed by atoms with Crippen LogP contribution >= 0.6 is 0 Å². The van der Waals surface area contributed by atoms with Crippen molar-refractivity contribution in [2.45, 2.75) is 25.3 Å². The molecule has 8 heteroatoms. The van der Waals surface area contributed by atoms with Crippen molar-refractivity contribution in [2.24, 2.45) is 17.6 Å². The molecule has 2 atom stereocenters. The number of amides is 2. The summed E-state index contributed by atoms with van der Waals surface area (Å²) in [6.45, 7) is 0.764. The maximum atomic E-state index is 12.5. The minimum Gasteiger partial charge on any atom is -0.493 e. The molecule has 3 N–H and O–H groups in total. The second-order valence-corrected chi connectivity index (χ2v) is 7.04. The fourth-order valence-electron chi connectivity index (χ4n) is 3.41. The molecule has 2 unspecified atom stereocenters. The molecule has 0 aromatic heterocycles. The molecule has 0 spiro atoms. The molecule has 1 saturated heterocycles. The second-order valence-electron chi connectivity index (χ2n) is 7.04. The van der Waals surface area contributed by atoms with Gasteiger partial charge >= 0.3 is 0 Å². The zero-order valence-corrected chi connectivity index (χ0v) is 16.0. The lowest BCUT2D eigenvalue weighted by atomic mass is 10.1. The third-order valence-electron chi connectivity index (χ3n) is 5.20. The summed E-state index contributed by atoms with van der Waals surface area (Å²) in [5.41, 5.74) is 6.64. The summed E-state index contributed by atoms with van der Waals surface area (Å²) < 4.78 is 16.0. The first-order chi connectivity index (χ1) is 13.0. The van der Waals surface area contributed by atoms with Gasteiger partial charge in [-0.25, -0.2) is 0 Å². The molecule has 0 radical (unpaired) electrons. The van der Waals surface area contributed by atoms with Crippen LogP contribution in [-0.4, -0.2) is 52.3 Å². The molecule has 8 nitrogen and oxygen atoms in total. The standard InChI is InChI=1S/C19H27N3O5/c1-25-15-7-13(8-16(26-2)18(15)27-3)22-10-12(6-17(22)23)19(24)21-9-14(20)11-4-5-11/h7-8,11-12,14H,4-6,9-10,20H2,1-3H3,(H,21,24). The van der Waals surface area contributed by atoms with Crippen molar-refractivity contribution in [2.75, 3.05) is 39.3 Å². The van der Waals surface area contributed by atoms with Gasteiger partial charge in [0, 0.05) is 37.7 Å². The predicted octanol–water partition coefficient (Wildman–Crippen LogP) is 0.919. The number of benzene rings is 1. The first kappa shape index (κ1) is 19.3. The van der Waals surface area contributed by atoms with Gasteiger partial charge < -0.3 is 30.2 Å². The largest absolute Gasteiger partial charge is 0.493 e. The van der Waals surface area contributed by atoms with Gasteiger partial charge in [-0.05, 0) is 18.8 Å². The van der Waals surface area contributed by atoms with E-state index in [1.807, 2.05) is 0 Å². The molecule has 27 heavy (non-hydrogen) atoms. The first-order valence-corrected chi connectivity index (χ1v) is 9.12. The Bertz CT molecular complexity index is 694. The third-order valence-corrected chi connectivity index (χ3v) is 5.20. The molecule has 1 aromatic carbocycles. The summed E-state index contributed by atoms with van der Waals surface area (Å²) in [7, 11) is 4.56. The van der Waals surface area contributed by atoms with Crippen molar-refractivity contribution in [3.05, 3.63) is 12.1 Å². The van der Waals surface area contributed by atoms with E-state index in [1.165, 1.54) is 21.3 Å². The molecular formula is C19H27N3O5. The smallest absolute Gasteiger partial charge is 0.227 e. The number of nitrogens with zero attached hydrogens (tertiary/aromatic N) is 1. The molecule has 148 valence electrons. The number of carbonyl (C=O) groups is 2. The minimum atomic E-state index is -0.400. The Labute approximate surface area is 158 Å². The Balaban J connectivity index is 1.70. The highest BCUT2D eigenvalue weighted by Gasteiger charge is 2.36. The number of hydrogen-bond acceptors (Lipinski definition) is 6. The Hall–Kier alpha value is -2.48. The molecule has 1 aliphatic heterocycles. The average molecular weight is 377 g/mol. The summed E-state index contributed by atoms with van der Waals surface area (Å²) in [5.74, 6) is 1.25. The van der Waals surface area contributed by atoms with Crippen LogP contribution in [0, 0.1) is 11.8 Å². The number of nitrogens with one attached hydrogen (secondary N) is 1. The maximum absolute atomic E-state index is 12.5. The van der Waals surface area contributed by atoms with Crippen LogP contribution in [0.3, 0.4) is 0 Å². The topological polar surface area (TPSA) is 103 Å². The highest BCUT2D eigenvalue weighted by Crippen LogP contribution is 2.42. The summed E-state index contributed by atoms with van der Waals surface area (Å²) in [6.07, 6.45) is 2.43. The lowest BCUT2D eigenvalue weighted by Gasteiger charge is -2.20. The highest BCUT2D eigenvalue weighted by molar-refractivity contribution is 6.00.